The summed E-state index contributed by atoms with van der Waals surface area (Å²) in [6, 6.07) is 0. The zero-order valence-electron chi connectivity index (χ0n) is 17.5. The molecule has 8 unspecified atom stereocenters. The number of rotatable bonds is 4. The molecule has 7 heteroatoms. The highest BCUT2D eigenvalue weighted by Gasteiger charge is 2.65. The Labute approximate surface area is 170 Å². The van der Waals surface area contributed by atoms with Gasteiger partial charge in [0.25, 0.3) is 0 Å². The third-order valence-corrected chi connectivity index (χ3v) is 6.83. The first-order chi connectivity index (χ1) is 13.5. The van der Waals surface area contributed by atoms with Crippen LogP contribution in [0.4, 0.5) is 0 Å². The highest BCUT2D eigenvalue weighted by atomic mass is 16.6. The zero-order chi connectivity index (χ0) is 21.7. The summed E-state index contributed by atoms with van der Waals surface area (Å²) in [6.07, 6.45) is 1.18. The van der Waals surface area contributed by atoms with E-state index in [2.05, 4.69) is 6.58 Å². The van der Waals surface area contributed by atoms with Gasteiger partial charge in [-0.05, 0) is 25.3 Å². The molecule has 1 heterocycles. The molecule has 0 aromatic rings. The molecule has 1 saturated heterocycles. The van der Waals surface area contributed by atoms with Gasteiger partial charge in [-0.3, -0.25) is 14.4 Å². The van der Waals surface area contributed by atoms with Gasteiger partial charge in [0.1, 0.15) is 18.3 Å². The highest BCUT2D eigenvalue weighted by molar-refractivity contribution is 5.99. The van der Waals surface area contributed by atoms with E-state index in [1.54, 1.807) is 19.9 Å². The van der Waals surface area contributed by atoms with Crippen molar-refractivity contribution in [3.8, 4) is 0 Å². The zero-order valence-corrected chi connectivity index (χ0v) is 17.5. The van der Waals surface area contributed by atoms with Crippen LogP contribution in [-0.2, 0) is 33.4 Å². The largest absolute Gasteiger partial charge is 0.460 e. The van der Waals surface area contributed by atoms with Crippen LogP contribution in [0.15, 0.2) is 24.3 Å². The van der Waals surface area contributed by atoms with E-state index in [-0.39, 0.29) is 29.1 Å². The Morgan fingerprint density at radius 3 is 2.55 bits per heavy atom. The van der Waals surface area contributed by atoms with E-state index in [0.29, 0.717) is 6.42 Å². The quantitative estimate of drug-likeness (QED) is 0.403. The van der Waals surface area contributed by atoms with Crippen molar-refractivity contribution in [3.05, 3.63) is 24.3 Å². The van der Waals surface area contributed by atoms with Gasteiger partial charge in [0.2, 0.25) is 0 Å². The molecule has 3 rings (SSSR count). The number of ether oxygens (including phenoxy) is 3. The average Bonchev–Trinajstić information content (AvgIpc) is 2.94. The molecular formula is C22H28O7. The van der Waals surface area contributed by atoms with Gasteiger partial charge in [-0.1, -0.05) is 33.4 Å². The molecule has 0 radical (unpaired) electrons. The normalized spacial score (nSPS) is 39.3. The fourth-order valence-corrected chi connectivity index (χ4v) is 4.87. The van der Waals surface area contributed by atoms with Crippen LogP contribution in [0.1, 0.15) is 41.0 Å². The summed E-state index contributed by atoms with van der Waals surface area (Å²) in [5.74, 6) is -3.75. The number of hydrogen-bond acceptors (Lipinski definition) is 7. The van der Waals surface area contributed by atoms with Crippen molar-refractivity contribution in [2.24, 2.45) is 29.1 Å². The van der Waals surface area contributed by atoms with Gasteiger partial charge in [-0.15, -0.1) is 0 Å². The molecule has 1 saturated carbocycles. The lowest BCUT2D eigenvalue weighted by Gasteiger charge is -2.42. The number of hydrogen-bond donors (Lipinski definition) is 0. The maximum Gasteiger partial charge on any atom is 0.334 e. The maximum absolute atomic E-state index is 13.0. The molecule has 0 aromatic carbocycles. The summed E-state index contributed by atoms with van der Waals surface area (Å²) < 4.78 is 17.1. The summed E-state index contributed by atoms with van der Waals surface area (Å²) in [4.78, 5) is 50.2. The Hall–Kier alpha value is -2.44. The third kappa shape index (κ3) is 3.20. The van der Waals surface area contributed by atoms with E-state index in [1.165, 1.54) is 13.0 Å². The average molecular weight is 404 g/mol. The molecule has 0 amide bonds. The first kappa shape index (κ1) is 21.3. The predicted molar refractivity (Wildman–Crippen MR) is 102 cm³/mol. The van der Waals surface area contributed by atoms with Crippen LogP contribution in [0, 0.1) is 29.1 Å². The molecule has 2 fully saturated rings. The fraction of sp³-hybridized carbons (Fsp3) is 0.636. The standard InChI is InChI=1S/C22H28O7/c1-7-10(2)20(25)29-19-16-12(4)21(26)28-17(18(16)27-13(5)23)11(3)14-8-9-15(24)22(14,19)6/h8-11,14,16-19H,4,7H2,1-3,5-6H3. The van der Waals surface area contributed by atoms with Gasteiger partial charge in [-0.25, -0.2) is 4.79 Å². The second-order valence-corrected chi connectivity index (χ2v) is 8.55. The molecule has 0 spiro atoms. The molecule has 2 bridgehead atoms. The third-order valence-electron chi connectivity index (χ3n) is 6.83. The smallest absolute Gasteiger partial charge is 0.334 e. The molecule has 158 valence electrons. The van der Waals surface area contributed by atoms with E-state index in [1.807, 2.05) is 13.8 Å². The number of ketones is 1. The van der Waals surface area contributed by atoms with E-state index >= 15 is 0 Å². The Bertz CT molecular complexity index is 797. The molecule has 0 N–H and O–H groups in total. The van der Waals surface area contributed by atoms with Gasteiger partial charge in [0, 0.05) is 18.4 Å². The Kier molecular flexibility index (Phi) is 5.45. The SMILES string of the molecule is C=C1C(=O)OC2C(C)C3C=CC(=O)C3(C)C(OC(=O)C(C)CC)C1C2OC(C)=O. The lowest BCUT2D eigenvalue weighted by Crippen LogP contribution is -2.55. The van der Waals surface area contributed by atoms with Gasteiger partial charge < -0.3 is 14.2 Å². The molecule has 2 aliphatic carbocycles. The maximum atomic E-state index is 13.0. The Morgan fingerprint density at radius 1 is 1.31 bits per heavy atom. The summed E-state index contributed by atoms with van der Waals surface area (Å²) >= 11 is 0. The van der Waals surface area contributed by atoms with Crippen molar-refractivity contribution in [2.75, 3.05) is 0 Å². The van der Waals surface area contributed by atoms with Gasteiger partial charge in [-0.2, -0.15) is 0 Å². The first-order valence-corrected chi connectivity index (χ1v) is 10.0. The first-order valence-electron chi connectivity index (χ1n) is 10.0. The second kappa shape index (κ2) is 7.43. The van der Waals surface area contributed by atoms with Crippen LogP contribution in [0.25, 0.3) is 0 Å². The fourth-order valence-electron chi connectivity index (χ4n) is 4.87. The highest BCUT2D eigenvalue weighted by Crippen LogP contribution is 2.55. The van der Waals surface area contributed by atoms with Crippen molar-refractivity contribution < 1.29 is 33.4 Å². The van der Waals surface area contributed by atoms with Crippen molar-refractivity contribution in [3.63, 3.8) is 0 Å². The summed E-state index contributed by atoms with van der Waals surface area (Å²) in [5.41, 5.74) is -1.07. The Balaban J connectivity index is 2.17. The van der Waals surface area contributed by atoms with Crippen molar-refractivity contribution in [1.29, 1.82) is 0 Å². The molecule has 7 nitrogen and oxygen atoms in total. The summed E-state index contributed by atoms with van der Waals surface area (Å²) in [7, 11) is 0. The van der Waals surface area contributed by atoms with Crippen molar-refractivity contribution in [1.82, 2.24) is 0 Å². The molecule has 8 atom stereocenters. The number of esters is 3. The number of carbonyl (C=O) groups excluding carboxylic acids is 4. The monoisotopic (exact) mass is 404 g/mol. The molecular weight excluding hydrogens is 376 g/mol. The van der Waals surface area contributed by atoms with Gasteiger partial charge >= 0.3 is 17.9 Å². The lowest BCUT2D eigenvalue weighted by molar-refractivity contribution is -0.189. The molecule has 1 aliphatic heterocycles. The van der Waals surface area contributed by atoms with Crippen LogP contribution in [0.3, 0.4) is 0 Å². The van der Waals surface area contributed by atoms with Crippen LogP contribution in [0.5, 0.6) is 0 Å². The van der Waals surface area contributed by atoms with Crippen LogP contribution >= 0.6 is 0 Å². The molecule has 3 aliphatic rings. The van der Waals surface area contributed by atoms with Crippen LogP contribution in [-0.4, -0.2) is 42.0 Å². The van der Waals surface area contributed by atoms with Gasteiger partial charge in [0.15, 0.2) is 5.78 Å². The predicted octanol–water partition coefficient (Wildman–Crippen LogP) is 2.38. The van der Waals surface area contributed by atoms with E-state index in [0.717, 1.165) is 0 Å². The van der Waals surface area contributed by atoms with Crippen molar-refractivity contribution in [2.45, 2.75) is 59.4 Å². The topological polar surface area (TPSA) is 96.0 Å². The van der Waals surface area contributed by atoms with E-state index < -0.39 is 47.6 Å². The number of fused-ring (bicyclic) bond motifs is 3. The molecule has 29 heavy (non-hydrogen) atoms. The van der Waals surface area contributed by atoms with E-state index in [9.17, 15) is 19.2 Å². The van der Waals surface area contributed by atoms with Crippen LogP contribution < -0.4 is 0 Å². The van der Waals surface area contributed by atoms with Crippen molar-refractivity contribution >= 4 is 23.7 Å². The number of allylic oxidation sites excluding steroid dienone is 2. The van der Waals surface area contributed by atoms with E-state index in [4.69, 9.17) is 14.2 Å². The van der Waals surface area contributed by atoms with Crippen LogP contribution in [0.2, 0.25) is 0 Å². The minimum Gasteiger partial charge on any atom is -0.460 e. The molecule has 0 aromatic heterocycles. The van der Waals surface area contributed by atoms with Gasteiger partial charge in [0.05, 0.1) is 17.3 Å². The summed E-state index contributed by atoms with van der Waals surface area (Å²) in [5, 5.41) is 0. The second-order valence-electron chi connectivity index (χ2n) is 8.55. The minimum absolute atomic E-state index is 0.0447. The minimum atomic E-state index is -1.11. The number of carbonyl (C=O) groups is 4. The Morgan fingerprint density at radius 2 is 1.97 bits per heavy atom. The lowest BCUT2D eigenvalue weighted by atomic mass is 9.67. The summed E-state index contributed by atoms with van der Waals surface area (Å²) in [6.45, 7) is 12.3.